The van der Waals surface area contributed by atoms with Gasteiger partial charge in [0.05, 0.1) is 62.0 Å². The molecule has 4 aromatic carbocycles. The molecule has 3 saturated carbocycles. The number of piperidine rings is 4. The second-order valence-corrected chi connectivity index (χ2v) is 37.2. The van der Waals surface area contributed by atoms with Gasteiger partial charge < -0.3 is 62.9 Å². The van der Waals surface area contributed by atoms with E-state index in [0.717, 1.165) is 197 Å². The maximum atomic E-state index is 14.4. The molecule has 0 unspecified atom stereocenters. The number of fused-ring (bicyclic) bond motifs is 4. The third-order valence-corrected chi connectivity index (χ3v) is 28.3. The summed E-state index contributed by atoms with van der Waals surface area (Å²) >= 11 is 0. The number of hydrogen-bond donors (Lipinski definition) is 0. The summed E-state index contributed by atoms with van der Waals surface area (Å²) in [4.78, 5) is 67.2. The minimum Gasteiger partial charge on any atom is -0.496 e. The molecule has 19 rings (SSSR count). The van der Waals surface area contributed by atoms with Gasteiger partial charge in [-0.1, -0.05) is 116 Å². The van der Waals surface area contributed by atoms with Crippen LogP contribution in [-0.2, 0) is 38.2 Å². The summed E-state index contributed by atoms with van der Waals surface area (Å²) < 4.78 is 106. The molecule has 0 N–H and O–H groups in total. The lowest BCUT2D eigenvalue weighted by atomic mass is 9.55. The molecule has 21 heteroatoms. The molecular formula is C94H120F4N8O9. The number of benzene rings is 4. The Balaban J connectivity index is 0.000000118. The van der Waals surface area contributed by atoms with Crippen molar-refractivity contribution in [2.75, 3.05) is 138 Å². The second kappa shape index (κ2) is 34.9. The highest BCUT2D eigenvalue weighted by molar-refractivity contribution is 5.78. The Kier molecular flexibility index (Phi) is 23.4. The Morgan fingerprint density at radius 1 is 0.504 bits per heavy atom. The van der Waals surface area contributed by atoms with E-state index in [9.17, 15) is 36.7 Å². The van der Waals surface area contributed by atoms with E-state index in [4.69, 9.17) is 27.8 Å². The Bertz CT molecular complexity index is 4370. The van der Waals surface area contributed by atoms with Crippen molar-refractivity contribution < 1.29 is 64.5 Å². The zero-order chi connectivity index (χ0) is 82.3. The number of carbonyl (C=O) groups excluding carboxylic acids is 4. The molecule has 3 aliphatic carbocycles. The van der Waals surface area contributed by atoms with Gasteiger partial charge in [0.25, 0.3) is 0 Å². The molecule has 4 aromatic rings. The van der Waals surface area contributed by atoms with E-state index < -0.39 is 30.3 Å². The molecule has 618 valence electrons. The molecule has 15 fully saturated rings. The number of methoxy groups -OCH3 is 1. The van der Waals surface area contributed by atoms with Gasteiger partial charge in [0, 0.05) is 156 Å². The van der Waals surface area contributed by atoms with Gasteiger partial charge in [-0.2, -0.15) is 0 Å². The lowest BCUT2D eigenvalue weighted by molar-refractivity contribution is -0.0843. The van der Waals surface area contributed by atoms with Crippen LogP contribution in [0.4, 0.5) is 36.7 Å². The van der Waals surface area contributed by atoms with Crippen LogP contribution >= 0.6 is 0 Å². The number of hydrogen-bond acceptors (Lipinski definition) is 9. The second-order valence-electron chi connectivity index (χ2n) is 37.2. The SMILES string of the molecule is C=C1CO[C@H]2CCN([11C](=O)N3CC(C=C(F)c4ccc(C)c(F)c4)C3)C[C@H]2C1.C=C1CO[C@H]2CCN([11C](=O)N3CC(CCc4ccc(C5CCC5)cc4)C3)C[C@H]2C1.C=C1CO[C@H]2CCN([11C](=O)N3CC4(CC(Cc5c(F)cccc5F)C4)C3)C[C@H]2C1.[3H]C([3H])([3H])Oc1ccccc1CC1CC2(C1)CN(C(=O)N1CC[C@@H]3OCC(=C)C[C@@H]3C1)C2. The number of ether oxygens (including phenoxy) is 5. The quantitative estimate of drug-likeness (QED) is 0.106. The van der Waals surface area contributed by atoms with Gasteiger partial charge >= 0.3 is 24.1 Å². The van der Waals surface area contributed by atoms with Crippen LogP contribution in [0.5, 0.6) is 5.75 Å². The van der Waals surface area contributed by atoms with Crippen LogP contribution in [0.1, 0.15) is 146 Å². The topological polar surface area (TPSA) is 140 Å². The van der Waals surface area contributed by atoms with Crippen molar-refractivity contribution in [2.45, 2.75) is 159 Å². The first kappa shape index (κ1) is 77.0. The Labute approximate surface area is 682 Å². The first-order chi connectivity index (χ1) is 56.7. The van der Waals surface area contributed by atoms with Crippen molar-refractivity contribution in [2.24, 2.45) is 58.2 Å². The van der Waals surface area contributed by atoms with Gasteiger partial charge in [0.15, 0.2) is 0 Å². The van der Waals surface area contributed by atoms with E-state index in [0.29, 0.717) is 118 Å². The maximum absolute atomic E-state index is 14.4. The smallest absolute Gasteiger partial charge is 0.320 e. The fourth-order valence-electron chi connectivity index (χ4n) is 21.6. The largest absolute Gasteiger partial charge is 0.496 e. The summed E-state index contributed by atoms with van der Waals surface area (Å²) in [6.07, 6.45) is 21.8. The van der Waals surface area contributed by atoms with Crippen LogP contribution in [0.15, 0.2) is 140 Å². The summed E-state index contributed by atoms with van der Waals surface area (Å²) in [6, 6.07) is 25.7. The van der Waals surface area contributed by atoms with Crippen LogP contribution < -0.4 is 4.74 Å². The van der Waals surface area contributed by atoms with Gasteiger partial charge in [-0.25, -0.2) is 36.7 Å². The number of para-hydroxylation sites is 1. The van der Waals surface area contributed by atoms with Gasteiger partial charge in [-0.05, 0) is 199 Å². The van der Waals surface area contributed by atoms with Gasteiger partial charge in [0.1, 0.15) is 29.0 Å². The van der Waals surface area contributed by atoms with Gasteiger partial charge in [-0.3, -0.25) is 0 Å². The van der Waals surface area contributed by atoms with Crippen molar-refractivity contribution in [1.29, 1.82) is 0 Å². The number of nitrogens with zero attached hydrogens (tertiary/aromatic N) is 8. The third-order valence-electron chi connectivity index (χ3n) is 28.3. The van der Waals surface area contributed by atoms with Crippen LogP contribution in [0.25, 0.3) is 5.83 Å². The molecular weight excluding hydrogens is 1460 g/mol. The van der Waals surface area contributed by atoms with E-state index in [-0.39, 0.29) is 70.3 Å². The number of urea groups is 4. The standard InChI is InChI=1S/C25H34N2O2.C24H32N2O3.C23H28F2N2O2.C22H26F2N2O2/c1-18-13-23-16-26(12-11-24(23)29-17-18)25(28)27-14-20(15-27)6-5-19-7-9-22(10-8-19)21-3-2-4-21;1-17-9-20-13-25(8-7-22(20)29-14-17)23(27)26-15-24(16-26)11-18(12-24)10-19-5-3-4-6-21(19)28-2;1-15-7-17-11-26(6-5-21(17)29-12-15)22(28)27-13-23(14-27)9-16(10-23)8-18-19(24)3-2-4-20(18)25;1-14-7-18-12-25(6-5-21(18)28-13-14)22(27)26-10-16(11-26)8-20(24)17-4-3-15(2)19(23)9-17/h7-10,20-21,23-24H,1-6,11-17H2;3-6,18,20,22H,1,7-16H2,2H3;2-4,16-17,21H,1,5-14H2;3-4,8-9,16,18,21H,1,5-7,10-13H2,2H3/t23-,24+;20-,22+;17-,21+;18-,21+/m1111/s1/i25-1;2T3;2*22-1. The fraction of sp³-hybridized carbons (Fsp3) is 0.596. The summed E-state index contributed by atoms with van der Waals surface area (Å²) in [5.41, 5.74) is 9.80. The lowest BCUT2D eigenvalue weighted by Crippen LogP contribution is -2.66. The predicted molar refractivity (Wildman–Crippen MR) is 436 cm³/mol. The van der Waals surface area contributed by atoms with Crippen LogP contribution in [0, 0.1) is 82.5 Å². The Morgan fingerprint density at radius 2 is 0.948 bits per heavy atom. The summed E-state index contributed by atoms with van der Waals surface area (Å²) in [6.45, 7) is 32.6. The summed E-state index contributed by atoms with van der Waals surface area (Å²) in [5, 5.41) is 0. The zero-order valence-electron chi connectivity index (χ0n) is 70.3. The number of likely N-dealkylation sites (tertiary alicyclic amines) is 8. The molecule has 12 heterocycles. The van der Waals surface area contributed by atoms with E-state index in [1.807, 2.05) is 41.5 Å². The van der Waals surface area contributed by atoms with Crippen LogP contribution in [-0.4, -0.2) is 226 Å². The third kappa shape index (κ3) is 18.5. The number of amides is 8. The number of carbonyl (C=O) groups is 4. The van der Waals surface area contributed by atoms with E-state index >= 15 is 0 Å². The van der Waals surface area contributed by atoms with Crippen molar-refractivity contribution in [1.82, 2.24) is 39.2 Å². The molecule has 115 heavy (non-hydrogen) atoms. The van der Waals surface area contributed by atoms with Gasteiger partial charge in [0.2, 0.25) is 0 Å². The van der Waals surface area contributed by atoms with Crippen molar-refractivity contribution in [3.8, 4) is 5.75 Å². The summed E-state index contributed by atoms with van der Waals surface area (Å²) in [5.74, 6) is 2.47. The lowest BCUT2D eigenvalue weighted by Gasteiger charge is -2.60. The average molecular weight is 1590 g/mol. The molecule has 15 aliphatic rings. The van der Waals surface area contributed by atoms with E-state index in [2.05, 4.69) is 55.5 Å². The van der Waals surface area contributed by atoms with Crippen molar-refractivity contribution in [3.63, 3.8) is 0 Å². The monoisotopic (exact) mass is 1580 g/mol. The maximum Gasteiger partial charge on any atom is 0.320 e. The molecule has 0 aromatic heterocycles. The van der Waals surface area contributed by atoms with E-state index in [1.54, 1.807) is 36.1 Å². The average Bonchev–Trinajstić information content (AvgIpc) is 0.734. The normalized spacial score (nSPS) is 28.8. The number of aryl methyl sites for hydroxylation is 2. The highest BCUT2D eigenvalue weighted by Gasteiger charge is 2.56. The molecule has 17 nitrogen and oxygen atoms in total. The Hall–Kier alpha value is -7.98. The fourth-order valence-corrected chi connectivity index (χ4v) is 21.6. The minimum atomic E-state index is -2.43. The van der Waals surface area contributed by atoms with Crippen LogP contribution in [0.2, 0.25) is 0 Å². The van der Waals surface area contributed by atoms with E-state index in [1.165, 1.54) is 72.7 Å². The first-order valence-electron chi connectivity index (χ1n) is 44.4. The molecule has 0 bridgehead atoms. The highest BCUT2D eigenvalue weighted by Crippen LogP contribution is 2.55. The van der Waals surface area contributed by atoms with Gasteiger partial charge in [-0.15, -0.1) is 0 Å². The predicted octanol–water partition coefficient (Wildman–Crippen LogP) is 16.5. The first-order valence-corrected chi connectivity index (χ1v) is 42.9. The molecule has 0 radical (unpaired) electrons. The highest BCUT2D eigenvalue weighted by atomic mass is 19.1. The number of halogens is 4. The molecule has 12 aliphatic heterocycles. The summed E-state index contributed by atoms with van der Waals surface area (Å²) in [7, 11) is -2.43. The minimum absolute atomic E-state index is 0.0149. The van der Waals surface area contributed by atoms with Crippen LogP contribution in [0.3, 0.4) is 0 Å². The molecule has 2 spiro atoms. The van der Waals surface area contributed by atoms with Crippen molar-refractivity contribution in [3.05, 3.63) is 190 Å². The number of rotatable bonds is 11. The van der Waals surface area contributed by atoms with Crippen molar-refractivity contribution >= 4 is 30.0 Å². The zero-order valence-corrected chi connectivity index (χ0v) is 67.3. The Morgan fingerprint density at radius 3 is 1.39 bits per heavy atom. The molecule has 8 atom stereocenters. The molecule has 8 amide bonds. The molecule has 12 saturated heterocycles.